The number of nitrogens with one attached hydrogen (secondary N) is 2. The van der Waals surface area contributed by atoms with Crippen LogP contribution in [0.1, 0.15) is 10.4 Å². The molecule has 1 aromatic carbocycles. The summed E-state index contributed by atoms with van der Waals surface area (Å²) < 4.78 is 24.0. The number of nitrogen functional groups attached to an aromatic ring is 1. The topological polar surface area (TPSA) is 127 Å². The minimum absolute atomic E-state index is 0.210. The number of carbonyl (C=O) groups is 1. The van der Waals surface area contributed by atoms with Gasteiger partial charge >= 0.3 is 0 Å². The lowest BCUT2D eigenvalue weighted by atomic mass is 10.1. The summed E-state index contributed by atoms with van der Waals surface area (Å²) in [6.45, 7) is 0.540. The minimum Gasteiger partial charge on any atom is -0.399 e. The molecule has 0 bridgehead atoms. The smallest absolute Gasteiger partial charge is 0.250 e. The van der Waals surface area contributed by atoms with Gasteiger partial charge in [0.15, 0.2) is 0 Å². The maximum atomic E-state index is 11.2. The van der Waals surface area contributed by atoms with E-state index in [1.165, 1.54) is 6.07 Å². The summed E-state index contributed by atoms with van der Waals surface area (Å²) in [7, 11) is -3.21. The lowest BCUT2D eigenvalue weighted by Crippen LogP contribution is -2.28. The summed E-state index contributed by atoms with van der Waals surface area (Å²) in [6.07, 6.45) is 1.07. The molecule has 1 rings (SSSR count). The number of amides is 1. The minimum atomic E-state index is -3.21. The van der Waals surface area contributed by atoms with Crippen LogP contribution in [0.5, 0.6) is 0 Å². The molecule has 100 valence electrons. The second kappa shape index (κ2) is 5.69. The van der Waals surface area contributed by atoms with Crippen LogP contribution in [0.4, 0.5) is 11.4 Å². The highest BCUT2D eigenvalue weighted by Gasteiger charge is 2.08. The van der Waals surface area contributed by atoms with Crippen LogP contribution < -0.4 is 21.5 Å². The highest BCUT2D eigenvalue weighted by molar-refractivity contribution is 7.88. The molecule has 0 fully saturated rings. The van der Waals surface area contributed by atoms with E-state index in [0.29, 0.717) is 17.9 Å². The number of benzene rings is 1. The summed E-state index contributed by atoms with van der Waals surface area (Å²) in [4.78, 5) is 11.2. The largest absolute Gasteiger partial charge is 0.399 e. The molecule has 0 heterocycles. The van der Waals surface area contributed by atoms with Gasteiger partial charge in [-0.05, 0) is 18.2 Å². The van der Waals surface area contributed by atoms with E-state index in [9.17, 15) is 13.2 Å². The van der Waals surface area contributed by atoms with E-state index >= 15 is 0 Å². The first-order valence-corrected chi connectivity index (χ1v) is 7.06. The number of carbonyl (C=O) groups excluding carboxylic acids is 1. The zero-order chi connectivity index (χ0) is 13.8. The average molecular weight is 272 g/mol. The van der Waals surface area contributed by atoms with Gasteiger partial charge in [0.1, 0.15) is 0 Å². The monoisotopic (exact) mass is 272 g/mol. The third-order valence-electron chi connectivity index (χ3n) is 2.11. The van der Waals surface area contributed by atoms with Gasteiger partial charge in [-0.15, -0.1) is 0 Å². The first-order valence-electron chi connectivity index (χ1n) is 5.17. The van der Waals surface area contributed by atoms with Crippen LogP contribution in [-0.2, 0) is 10.0 Å². The Labute approximate surface area is 106 Å². The Hall–Kier alpha value is -1.80. The third-order valence-corrected chi connectivity index (χ3v) is 2.84. The predicted octanol–water partition coefficient (Wildman–Crippen LogP) is -0.671. The van der Waals surface area contributed by atoms with Gasteiger partial charge in [0.05, 0.1) is 11.8 Å². The van der Waals surface area contributed by atoms with E-state index in [-0.39, 0.29) is 12.1 Å². The van der Waals surface area contributed by atoms with Gasteiger partial charge in [0, 0.05) is 24.5 Å². The molecular weight excluding hydrogens is 256 g/mol. The molecule has 7 nitrogen and oxygen atoms in total. The molecule has 0 atom stereocenters. The average Bonchev–Trinajstić information content (AvgIpc) is 2.24. The van der Waals surface area contributed by atoms with Gasteiger partial charge in [0.2, 0.25) is 10.0 Å². The van der Waals surface area contributed by atoms with Gasteiger partial charge in [-0.2, -0.15) is 0 Å². The Morgan fingerprint density at radius 1 is 1.33 bits per heavy atom. The van der Waals surface area contributed by atoms with E-state index < -0.39 is 15.9 Å². The Morgan fingerprint density at radius 3 is 2.56 bits per heavy atom. The highest BCUT2D eigenvalue weighted by atomic mass is 32.2. The van der Waals surface area contributed by atoms with E-state index in [1.54, 1.807) is 12.1 Å². The number of sulfonamides is 1. The fourth-order valence-corrected chi connectivity index (χ4v) is 1.83. The third kappa shape index (κ3) is 4.60. The normalized spacial score (nSPS) is 11.2. The molecule has 0 unspecified atom stereocenters. The van der Waals surface area contributed by atoms with Gasteiger partial charge < -0.3 is 16.8 Å². The van der Waals surface area contributed by atoms with Crippen molar-refractivity contribution >= 4 is 27.3 Å². The number of rotatable bonds is 6. The van der Waals surface area contributed by atoms with E-state index in [1.807, 2.05) is 0 Å². The fourth-order valence-electron chi connectivity index (χ4n) is 1.35. The molecule has 8 heteroatoms. The van der Waals surface area contributed by atoms with Crippen LogP contribution in [-0.4, -0.2) is 33.7 Å². The van der Waals surface area contributed by atoms with Gasteiger partial charge in [-0.25, -0.2) is 13.1 Å². The van der Waals surface area contributed by atoms with Crippen LogP contribution in [0, 0.1) is 0 Å². The zero-order valence-corrected chi connectivity index (χ0v) is 10.8. The Morgan fingerprint density at radius 2 is 2.00 bits per heavy atom. The lowest BCUT2D eigenvalue weighted by Gasteiger charge is -2.10. The molecule has 1 amide bonds. The van der Waals surface area contributed by atoms with Gasteiger partial charge in [-0.3, -0.25) is 4.79 Å². The van der Waals surface area contributed by atoms with E-state index in [0.717, 1.165) is 6.26 Å². The molecule has 18 heavy (non-hydrogen) atoms. The first kappa shape index (κ1) is 14.3. The molecule has 0 radical (unpaired) electrons. The van der Waals surface area contributed by atoms with Crippen molar-refractivity contribution in [2.45, 2.75) is 0 Å². The molecule has 0 saturated carbocycles. The molecule has 0 aromatic heterocycles. The molecule has 6 N–H and O–H groups in total. The van der Waals surface area contributed by atoms with Crippen molar-refractivity contribution in [1.82, 2.24) is 4.72 Å². The fraction of sp³-hybridized carbons (Fsp3) is 0.300. The highest BCUT2D eigenvalue weighted by Crippen LogP contribution is 2.17. The molecule has 0 saturated heterocycles. The van der Waals surface area contributed by atoms with Crippen molar-refractivity contribution in [2.75, 3.05) is 30.4 Å². The van der Waals surface area contributed by atoms with Crippen molar-refractivity contribution < 1.29 is 13.2 Å². The maximum Gasteiger partial charge on any atom is 0.250 e. The number of hydrogen-bond donors (Lipinski definition) is 4. The number of nitrogens with two attached hydrogens (primary N) is 2. The lowest BCUT2D eigenvalue weighted by molar-refractivity contribution is 0.100. The van der Waals surface area contributed by atoms with Crippen LogP contribution in [0.3, 0.4) is 0 Å². The SMILES string of the molecule is CS(=O)(=O)NCCNc1ccc(N)cc1C(N)=O. The molecular formula is C10H16N4O3S. The molecule has 0 aliphatic rings. The Bertz CT molecular complexity index is 542. The zero-order valence-electron chi connectivity index (χ0n) is 9.93. The molecule has 0 spiro atoms. The van der Waals surface area contributed by atoms with Crippen molar-refractivity contribution in [3.8, 4) is 0 Å². The van der Waals surface area contributed by atoms with Crippen molar-refractivity contribution in [3.05, 3.63) is 23.8 Å². The summed E-state index contributed by atoms with van der Waals surface area (Å²) in [6, 6.07) is 4.71. The van der Waals surface area contributed by atoms with Crippen LogP contribution in [0.2, 0.25) is 0 Å². The van der Waals surface area contributed by atoms with E-state index in [2.05, 4.69) is 10.0 Å². The summed E-state index contributed by atoms with van der Waals surface area (Å²) >= 11 is 0. The summed E-state index contributed by atoms with van der Waals surface area (Å²) in [5.41, 5.74) is 12.0. The first-order chi connectivity index (χ1) is 8.29. The number of anilines is 2. The molecule has 0 aliphatic heterocycles. The van der Waals surface area contributed by atoms with Crippen LogP contribution in [0.15, 0.2) is 18.2 Å². The maximum absolute atomic E-state index is 11.2. The Balaban J connectivity index is 2.65. The van der Waals surface area contributed by atoms with Gasteiger partial charge in [0.25, 0.3) is 5.91 Å². The van der Waals surface area contributed by atoms with Crippen molar-refractivity contribution in [3.63, 3.8) is 0 Å². The second-order valence-electron chi connectivity index (χ2n) is 3.76. The summed E-state index contributed by atoms with van der Waals surface area (Å²) in [5, 5.41) is 2.91. The molecule has 1 aromatic rings. The summed E-state index contributed by atoms with van der Waals surface area (Å²) in [5.74, 6) is -0.596. The van der Waals surface area contributed by atoms with Crippen molar-refractivity contribution in [2.24, 2.45) is 5.73 Å². The van der Waals surface area contributed by atoms with Crippen LogP contribution >= 0.6 is 0 Å². The van der Waals surface area contributed by atoms with Gasteiger partial charge in [-0.1, -0.05) is 0 Å². The number of hydrogen-bond acceptors (Lipinski definition) is 5. The second-order valence-corrected chi connectivity index (χ2v) is 5.60. The van der Waals surface area contributed by atoms with Crippen molar-refractivity contribution in [1.29, 1.82) is 0 Å². The Kier molecular flexibility index (Phi) is 4.51. The van der Waals surface area contributed by atoms with E-state index in [4.69, 9.17) is 11.5 Å². The predicted molar refractivity (Wildman–Crippen MR) is 70.7 cm³/mol. The number of primary amides is 1. The molecule has 0 aliphatic carbocycles. The van der Waals surface area contributed by atoms with Crippen LogP contribution in [0.25, 0.3) is 0 Å². The quantitative estimate of drug-likeness (QED) is 0.403. The standard InChI is InChI=1S/C10H16N4O3S/c1-18(16,17)14-5-4-13-9-3-2-7(11)6-8(9)10(12)15/h2-3,6,13-14H,4-5,11H2,1H3,(H2,12,15).